The normalized spacial score (nSPS) is 12.6. The summed E-state index contributed by atoms with van der Waals surface area (Å²) >= 11 is 0. The summed E-state index contributed by atoms with van der Waals surface area (Å²) in [6.07, 6.45) is 1.73. The van der Waals surface area contributed by atoms with Gasteiger partial charge in [0.15, 0.2) is 0 Å². The number of aromatic nitrogens is 2. The molecule has 0 radical (unpaired) electrons. The molecule has 1 atom stereocenters. The third kappa shape index (κ3) is 3.14. The summed E-state index contributed by atoms with van der Waals surface area (Å²) in [5, 5.41) is 3.34. The van der Waals surface area contributed by atoms with Gasteiger partial charge >= 0.3 is 0 Å². The molecule has 2 aromatic rings. The van der Waals surface area contributed by atoms with E-state index in [2.05, 4.69) is 15.3 Å². The minimum absolute atomic E-state index is 0.0889. The molecular formula is C13H17N3O. The molecule has 1 unspecified atom stereocenters. The van der Waals surface area contributed by atoms with Gasteiger partial charge in [0.1, 0.15) is 5.76 Å². The average Bonchev–Trinajstić information content (AvgIpc) is 2.73. The molecule has 1 N–H and O–H groups in total. The lowest BCUT2D eigenvalue weighted by Gasteiger charge is -2.09. The number of oxazole rings is 1. The molecule has 0 aliphatic heterocycles. The summed E-state index contributed by atoms with van der Waals surface area (Å²) in [6, 6.07) is 6.10. The molecule has 0 amide bonds. The van der Waals surface area contributed by atoms with E-state index < -0.39 is 0 Å². The molecule has 4 nitrogen and oxygen atoms in total. The van der Waals surface area contributed by atoms with Crippen LogP contribution in [0.5, 0.6) is 0 Å². The average molecular weight is 231 g/mol. The Bertz CT molecular complexity index is 493. The highest BCUT2D eigenvalue weighted by molar-refractivity contribution is 5.10. The van der Waals surface area contributed by atoms with Crippen LogP contribution < -0.4 is 5.32 Å². The van der Waals surface area contributed by atoms with Crippen molar-refractivity contribution in [2.24, 2.45) is 0 Å². The van der Waals surface area contributed by atoms with Crippen molar-refractivity contribution in [3.05, 3.63) is 47.4 Å². The molecule has 90 valence electrons. The van der Waals surface area contributed by atoms with Gasteiger partial charge in [0.25, 0.3) is 0 Å². The molecule has 0 bridgehead atoms. The van der Waals surface area contributed by atoms with Gasteiger partial charge in [-0.1, -0.05) is 6.07 Å². The Kier molecular flexibility index (Phi) is 3.54. The maximum atomic E-state index is 5.46. The Morgan fingerprint density at radius 2 is 2.18 bits per heavy atom. The standard InChI is InChI=1S/C13H17N3O/c1-9-5-4-6-12(16-9)8-14-11(3)13-15-7-10(2)17-13/h4-7,11,14H,8H2,1-3H3. The minimum Gasteiger partial charge on any atom is -0.444 e. The monoisotopic (exact) mass is 231 g/mol. The first-order chi connectivity index (χ1) is 8.15. The number of aryl methyl sites for hydroxylation is 2. The number of hydrogen-bond donors (Lipinski definition) is 1. The summed E-state index contributed by atoms with van der Waals surface area (Å²) in [7, 11) is 0. The lowest BCUT2D eigenvalue weighted by molar-refractivity contribution is 0.401. The molecule has 4 heteroatoms. The second kappa shape index (κ2) is 5.10. The van der Waals surface area contributed by atoms with Crippen LogP contribution in [0.3, 0.4) is 0 Å². The minimum atomic E-state index is 0.0889. The molecule has 0 spiro atoms. The van der Waals surface area contributed by atoms with Crippen molar-refractivity contribution in [2.75, 3.05) is 0 Å². The van der Waals surface area contributed by atoms with Crippen LogP contribution in [0.1, 0.15) is 36.0 Å². The molecule has 2 heterocycles. The SMILES string of the molecule is Cc1cccc(CNC(C)c2ncc(C)o2)n1. The number of nitrogens with zero attached hydrogens (tertiary/aromatic N) is 2. The highest BCUT2D eigenvalue weighted by Gasteiger charge is 2.10. The molecule has 2 aromatic heterocycles. The number of rotatable bonds is 4. The summed E-state index contributed by atoms with van der Waals surface area (Å²) in [5.41, 5.74) is 2.06. The Morgan fingerprint density at radius 1 is 1.35 bits per heavy atom. The fraction of sp³-hybridized carbons (Fsp3) is 0.385. The zero-order chi connectivity index (χ0) is 12.3. The van der Waals surface area contributed by atoms with Crippen molar-refractivity contribution in [1.29, 1.82) is 0 Å². The molecular weight excluding hydrogens is 214 g/mol. The van der Waals surface area contributed by atoms with E-state index in [0.29, 0.717) is 6.54 Å². The van der Waals surface area contributed by atoms with Crippen LogP contribution in [0, 0.1) is 13.8 Å². The summed E-state index contributed by atoms with van der Waals surface area (Å²) < 4.78 is 5.46. The van der Waals surface area contributed by atoms with Crippen LogP contribution >= 0.6 is 0 Å². The third-order valence-corrected chi connectivity index (χ3v) is 2.54. The van der Waals surface area contributed by atoms with Gasteiger partial charge in [-0.25, -0.2) is 4.98 Å². The Balaban J connectivity index is 1.94. The van der Waals surface area contributed by atoms with E-state index in [1.165, 1.54) is 0 Å². The number of nitrogens with one attached hydrogen (secondary N) is 1. The van der Waals surface area contributed by atoms with Crippen LogP contribution in [-0.4, -0.2) is 9.97 Å². The topological polar surface area (TPSA) is 51.0 Å². The van der Waals surface area contributed by atoms with Crippen LogP contribution in [0.25, 0.3) is 0 Å². The van der Waals surface area contributed by atoms with E-state index in [9.17, 15) is 0 Å². The van der Waals surface area contributed by atoms with Crippen LogP contribution in [0.4, 0.5) is 0 Å². The molecule has 0 saturated heterocycles. The highest BCUT2D eigenvalue weighted by Crippen LogP contribution is 2.12. The molecule has 0 fully saturated rings. The quantitative estimate of drug-likeness (QED) is 0.878. The smallest absolute Gasteiger partial charge is 0.211 e. The first-order valence-corrected chi connectivity index (χ1v) is 5.73. The molecule has 2 rings (SSSR count). The molecule has 0 saturated carbocycles. The Morgan fingerprint density at radius 3 is 2.82 bits per heavy atom. The van der Waals surface area contributed by atoms with Gasteiger partial charge in [-0.2, -0.15) is 0 Å². The number of pyridine rings is 1. The van der Waals surface area contributed by atoms with Crippen molar-refractivity contribution in [3.8, 4) is 0 Å². The third-order valence-electron chi connectivity index (χ3n) is 2.54. The van der Waals surface area contributed by atoms with E-state index in [4.69, 9.17) is 4.42 Å². The summed E-state index contributed by atoms with van der Waals surface area (Å²) in [6.45, 7) is 6.63. The number of hydrogen-bond acceptors (Lipinski definition) is 4. The van der Waals surface area contributed by atoms with E-state index in [1.54, 1.807) is 6.20 Å². The van der Waals surface area contributed by atoms with E-state index in [0.717, 1.165) is 23.0 Å². The maximum absolute atomic E-state index is 5.46. The first kappa shape index (κ1) is 11.8. The first-order valence-electron chi connectivity index (χ1n) is 5.73. The molecule has 17 heavy (non-hydrogen) atoms. The van der Waals surface area contributed by atoms with Gasteiger partial charge in [0.05, 0.1) is 17.9 Å². The van der Waals surface area contributed by atoms with E-state index in [-0.39, 0.29) is 6.04 Å². The summed E-state index contributed by atoms with van der Waals surface area (Å²) in [4.78, 5) is 8.63. The Labute approximate surface area is 101 Å². The van der Waals surface area contributed by atoms with Crippen molar-refractivity contribution >= 4 is 0 Å². The largest absolute Gasteiger partial charge is 0.444 e. The van der Waals surface area contributed by atoms with Crippen LogP contribution in [0.15, 0.2) is 28.8 Å². The Hall–Kier alpha value is -1.68. The zero-order valence-corrected chi connectivity index (χ0v) is 10.4. The molecule has 0 aliphatic rings. The fourth-order valence-corrected chi connectivity index (χ4v) is 1.62. The maximum Gasteiger partial charge on any atom is 0.211 e. The van der Waals surface area contributed by atoms with E-state index in [1.807, 2.05) is 39.0 Å². The van der Waals surface area contributed by atoms with Gasteiger partial charge in [-0.05, 0) is 32.9 Å². The van der Waals surface area contributed by atoms with Gasteiger partial charge in [-0.3, -0.25) is 4.98 Å². The van der Waals surface area contributed by atoms with E-state index >= 15 is 0 Å². The second-order valence-corrected chi connectivity index (χ2v) is 4.18. The highest BCUT2D eigenvalue weighted by atomic mass is 16.4. The predicted molar refractivity (Wildman–Crippen MR) is 65.5 cm³/mol. The van der Waals surface area contributed by atoms with Gasteiger partial charge < -0.3 is 9.73 Å². The second-order valence-electron chi connectivity index (χ2n) is 4.18. The summed E-state index contributed by atoms with van der Waals surface area (Å²) in [5.74, 6) is 1.55. The lowest BCUT2D eigenvalue weighted by Crippen LogP contribution is -2.19. The fourth-order valence-electron chi connectivity index (χ4n) is 1.62. The van der Waals surface area contributed by atoms with Gasteiger partial charge in [0.2, 0.25) is 5.89 Å². The van der Waals surface area contributed by atoms with Crippen LogP contribution in [-0.2, 0) is 6.54 Å². The van der Waals surface area contributed by atoms with Crippen molar-refractivity contribution < 1.29 is 4.42 Å². The predicted octanol–water partition coefficient (Wildman–Crippen LogP) is 2.54. The van der Waals surface area contributed by atoms with Crippen LogP contribution in [0.2, 0.25) is 0 Å². The van der Waals surface area contributed by atoms with Gasteiger partial charge in [0, 0.05) is 12.2 Å². The zero-order valence-electron chi connectivity index (χ0n) is 10.4. The molecule has 0 aliphatic carbocycles. The lowest BCUT2D eigenvalue weighted by atomic mass is 10.3. The van der Waals surface area contributed by atoms with Crippen molar-refractivity contribution in [3.63, 3.8) is 0 Å². The molecule has 0 aromatic carbocycles. The van der Waals surface area contributed by atoms with Crippen molar-refractivity contribution in [1.82, 2.24) is 15.3 Å². The van der Waals surface area contributed by atoms with Gasteiger partial charge in [-0.15, -0.1) is 0 Å². The van der Waals surface area contributed by atoms with Crippen molar-refractivity contribution in [2.45, 2.75) is 33.4 Å².